The molecule has 0 spiro atoms. The van der Waals surface area contributed by atoms with E-state index >= 15 is 0 Å². The van der Waals surface area contributed by atoms with E-state index in [1.807, 2.05) is 12.1 Å². The Balaban J connectivity index is 1.92. The zero-order valence-corrected chi connectivity index (χ0v) is 15.9. The molecule has 25 heavy (non-hydrogen) atoms. The molecule has 0 saturated heterocycles. The van der Waals surface area contributed by atoms with Crippen LogP contribution < -0.4 is 5.32 Å². The minimum atomic E-state index is -0.0904. The van der Waals surface area contributed by atoms with Crippen molar-refractivity contribution in [3.8, 4) is 0 Å². The SMILES string of the molecule is CC(C)c1ccc(SCC(=O)Nc2cccc(C(=O)N(C)C)c2)cc1. The Morgan fingerprint density at radius 3 is 2.36 bits per heavy atom. The van der Waals surface area contributed by atoms with E-state index in [0.717, 1.165) is 4.90 Å². The first-order chi connectivity index (χ1) is 11.9. The fraction of sp³-hybridized carbons (Fsp3) is 0.300. The van der Waals surface area contributed by atoms with E-state index in [-0.39, 0.29) is 11.8 Å². The molecule has 0 aliphatic heterocycles. The Labute approximate surface area is 153 Å². The zero-order chi connectivity index (χ0) is 18.4. The molecule has 0 bridgehead atoms. The van der Waals surface area contributed by atoms with Gasteiger partial charge in [0.05, 0.1) is 5.75 Å². The minimum absolute atomic E-state index is 0.0873. The number of nitrogens with zero attached hydrogens (tertiary/aromatic N) is 1. The molecule has 0 aliphatic rings. The van der Waals surface area contributed by atoms with Gasteiger partial charge in [0.15, 0.2) is 0 Å². The fourth-order valence-corrected chi connectivity index (χ4v) is 2.98. The van der Waals surface area contributed by atoms with Gasteiger partial charge in [-0.15, -0.1) is 11.8 Å². The number of carbonyl (C=O) groups excluding carboxylic acids is 2. The van der Waals surface area contributed by atoms with Gasteiger partial charge in [0.1, 0.15) is 0 Å². The maximum Gasteiger partial charge on any atom is 0.253 e. The summed E-state index contributed by atoms with van der Waals surface area (Å²) in [4.78, 5) is 26.7. The van der Waals surface area contributed by atoms with Gasteiger partial charge in [-0.05, 0) is 41.8 Å². The summed E-state index contributed by atoms with van der Waals surface area (Å²) < 4.78 is 0. The third-order valence-corrected chi connectivity index (χ3v) is 4.73. The summed E-state index contributed by atoms with van der Waals surface area (Å²) >= 11 is 1.50. The molecule has 0 atom stereocenters. The largest absolute Gasteiger partial charge is 0.345 e. The smallest absolute Gasteiger partial charge is 0.253 e. The lowest BCUT2D eigenvalue weighted by atomic mass is 10.0. The summed E-state index contributed by atoms with van der Waals surface area (Å²) in [6, 6.07) is 15.3. The molecular formula is C20H24N2O2S. The number of anilines is 1. The third kappa shape index (κ3) is 5.64. The van der Waals surface area contributed by atoms with Gasteiger partial charge in [-0.1, -0.05) is 32.0 Å². The van der Waals surface area contributed by atoms with E-state index in [9.17, 15) is 9.59 Å². The number of benzene rings is 2. The molecule has 1 N–H and O–H groups in total. The van der Waals surface area contributed by atoms with Gasteiger partial charge in [0, 0.05) is 30.2 Å². The Morgan fingerprint density at radius 1 is 1.08 bits per heavy atom. The highest BCUT2D eigenvalue weighted by molar-refractivity contribution is 8.00. The average Bonchev–Trinajstić information content (AvgIpc) is 2.59. The van der Waals surface area contributed by atoms with Crippen LogP contribution in [0.1, 0.15) is 35.7 Å². The van der Waals surface area contributed by atoms with Crippen LogP contribution in [0.3, 0.4) is 0 Å². The molecule has 0 radical (unpaired) electrons. The Bertz CT molecular complexity index is 740. The van der Waals surface area contributed by atoms with Crippen molar-refractivity contribution in [1.29, 1.82) is 0 Å². The molecule has 5 heteroatoms. The molecular weight excluding hydrogens is 332 g/mol. The summed E-state index contributed by atoms with van der Waals surface area (Å²) in [6.45, 7) is 4.31. The van der Waals surface area contributed by atoms with Crippen molar-refractivity contribution in [3.05, 3.63) is 59.7 Å². The van der Waals surface area contributed by atoms with Crippen LogP contribution >= 0.6 is 11.8 Å². The molecule has 2 aromatic carbocycles. The van der Waals surface area contributed by atoms with Crippen LogP contribution in [0.4, 0.5) is 5.69 Å². The van der Waals surface area contributed by atoms with Gasteiger partial charge in [0.25, 0.3) is 5.91 Å². The van der Waals surface area contributed by atoms with Gasteiger partial charge in [-0.25, -0.2) is 0 Å². The predicted molar refractivity (Wildman–Crippen MR) is 104 cm³/mol. The second-order valence-electron chi connectivity index (χ2n) is 6.34. The fourth-order valence-electron chi connectivity index (χ4n) is 2.28. The standard InChI is InChI=1S/C20H24N2O2S/c1-14(2)15-8-10-18(11-9-15)25-13-19(23)21-17-7-5-6-16(12-17)20(24)22(3)4/h5-12,14H,13H2,1-4H3,(H,21,23). The van der Waals surface area contributed by atoms with Crippen LogP contribution in [-0.4, -0.2) is 36.6 Å². The normalized spacial score (nSPS) is 10.6. The highest BCUT2D eigenvalue weighted by Gasteiger charge is 2.10. The topological polar surface area (TPSA) is 49.4 Å². The molecule has 4 nitrogen and oxygen atoms in total. The van der Waals surface area contributed by atoms with Crippen molar-refractivity contribution in [3.63, 3.8) is 0 Å². The first-order valence-electron chi connectivity index (χ1n) is 8.21. The molecule has 0 saturated carbocycles. The molecule has 2 aromatic rings. The first kappa shape index (κ1) is 19.1. The summed E-state index contributed by atoms with van der Waals surface area (Å²) in [5, 5.41) is 2.85. The van der Waals surface area contributed by atoms with Gasteiger partial charge in [-0.2, -0.15) is 0 Å². The van der Waals surface area contributed by atoms with E-state index < -0.39 is 0 Å². The molecule has 2 amide bonds. The van der Waals surface area contributed by atoms with Crippen molar-refractivity contribution in [1.82, 2.24) is 4.90 Å². The van der Waals surface area contributed by atoms with Crippen molar-refractivity contribution >= 4 is 29.3 Å². The lowest BCUT2D eigenvalue weighted by molar-refractivity contribution is -0.113. The zero-order valence-electron chi connectivity index (χ0n) is 15.1. The van der Waals surface area contributed by atoms with E-state index in [2.05, 4.69) is 31.3 Å². The number of carbonyl (C=O) groups is 2. The van der Waals surface area contributed by atoms with Crippen molar-refractivity contribution in [2.24, 2.45) is 0 Å². The Hall–Kier alpha value is -2.27. The van der Waals surface area contributed by atoms with Gasteiger partial charge < -0.3 is 10.2 Å². The lowest BCUT2D eigenvalue weighted by Crippen LogP contribution is -2.22. The minimum Gasteiger partial charge on any atom is -0.345 e. The van der Waals surface area contributed by atoms with E-state index in [1.165, 1.54) is 22.2 Å². The highest BCUT2D eigenvalue weighted by atomic mass is 32.2. The first-order valence-corrected chi connectivity index (χ1v) is 9.19. The molecule has 0 aromatic heterocycles. The number of hydrogen-bond donors (Lipinski definition) is 1. The van der Waals surface area contributed by atoms with E-state index in [1.54, 1.807) is 38.4 Å². The molecule has 0 unspecified atom stereocenters. The summed E-state index contributed by atoms with van der Waals surface area (Å²) in [5.74, 6) is 0.648. The quantitative estimate of drug-likeness (QED) is 0.788. The van der Waals surface area contributed by atoms with Crippen LogP contribution in [-0.2, 0) is 4.79 Å². The number of amides is 2. The van der Waals surface area contributed by atoms with Crippen LogP contribution in [0.25, 0.3) is 0 Å². The van der Waals surface area contributed by atoms with Gasteiger partial charge in [-0.3, -0.25) is 9.59 Å². The highest BCUT2D eigenvalue weighted by Crippen LogP contribution is 2.22. The number of hydrogen-bond acceptors (Lipinski definition) is 3. The van der Waals surface area contributed by atoms with Crippen LogP contribution in [0, 0.1) is 0 Å². The molecule has 0 aliphatic carbocycles. The monoisotopic (exact) mass is 356 g/mol. The average molecular weight is 356 g/mol. The van der Waals surface area contributed by atoms with Crippen molar-refractivity contribution in [2.45, 2.75) is 24.7 Å². The second kappa shape index (κ2) is 8.72. The molecule has 132 valence electrons. The molecule has 0 heterocycles. The van der Waals surface area contributed by atoms with E-state index in [4.69, 9.17) is 0 Å². The summed E-state index contributed by atoms with van der Waals surface area (Å²) in [5.41, 5.74) is 2.48. The number of rotatable bonds is 6. The maximum atomic E-state index is 12.1. The third-order valence-electron chi connectivity index (χ3n) is 3.72. The van der Waals surface area contributed by atoms with Crippen molar-refractivity contribution in [2.75, 3.05) is 25.2 Å². The van der Waals surface area contributed by atoms with Crippen LogP contribution in [0.2, 0.25) is 0 Å². The van der Waals surface area contributed by atoms with Crippen molar-refractivity contribution < 1.29 is 9.59 Å². The van der Waals surface area contributed by atoms with Crippen LogP contribution in [0.15, 0.2) is 53.4 Å². The predicted octanol–water partition coefficient (Wildman–Crippen LogP) is 4.24. The Morgan fingerprint density at radius 2 is 1.76 bits per heavy atom. The maximum absolute atomic E-state index is 12.1. The number of thioether (sulfide) groups is 1. The molecule has 2 rings (SSSR count). The van der Waals surface area contributed by atoms with E-state index in [0.29, 0.717) is 22.9 Å². The lowest BCUT2D eigenvalue weighted by Gasteiger charge is -2.12. The summed E-state index contributed by atoms with van der Waals surface area (Å²) in [6.07, 6.45) is 0. The Kier molecular flexibility index (Phi) is 6.65. The summed E-state index contributed by atoms with van der Waals surface area (Å²) in [7, 11) is 3.41. The number of nitrogens with one attached hydrogen (secondary N) is 1. The second-order valence-corrected chi connectivity index (χ2v) is 7.39. The van der Waals surface area contributed by atoms with Crippen LogP contribution in [0.5, 0.6) is 0 Å². The molecule has 0 fully saturated rings. The van der Waals surface area contributed by atoms with Gasteiger partial charge >= 0.3 is 0 Å². The van der Waals surface area contributed by atoms with Gasteiger partial charge in [0.2, 0.25) is 5.91 Å².